The molecule has 1 aromatic heterocycles. The van der Waals surface area contributed by atoms with E-state index in [9.17, 15) is 9.59 Å². The molecule has 194 valence electrons. The van der Waals surface area contributed by atoms with Gasteiger partial charge in [-0.05, 0) is 53.4 Å². The Labute approximate surface area is 230 Å². The molecular weight excluding hydrogens is 498 g/mol. The maximum atomic E-state index is 14.4. The van der Waals surface area contributed by atoms with Gasteiger partial charge in [0.25, 0.3) is 0 Å². The first-order valence-electron chi connectivity index (χ1n) is 13.5. The third-order valence-corrected chi connectivity index (χ3v) is 8.80. The van der Waals surface area contributed by atoms with E-state index in [-0.39, 0.29) is 17.7 Å². The SMILES string of the molecule is Cc1ccc(N2C(=O)[C@@H]3C4c5ccccc5C(/C=N\Nc5nc6ccccc6[nH]5)(c5ccccc54)[C@@H]3C2=O)cc1. The van der Waals surface area contributed by atoms with Gasteiger partial charge in [-0.2, -0.15) is 5.10 Å². The topological polar surface area (TPSA) is 90.4 Å². The minimum absolute atomic E-state index is 0.157. The molecule has 4 aliphatic rings. The van der Waals surface area contributed by atoms with E-state index in [0.29, 0.717) is 11.6 Å². The van der Waals surface area contributed by atoms with Gasteiger partial charge in [0.15, 0.2) is 0 Å². The Bertz CT molecular complexity index is 1790. The average Bonchev–Trinajstić information content (AvgIpc) is 3.52. The van der Waals surface area contributed by atoms with Crippen LogP contribution < -0.4 is 10.3 Å². The average molecular weight is 524 g/mol. The number of carbonyl (C=O) groups excluding carboxylic acids is 2. The lowest BCUT2D eigenvalue weighted by Gasteiger charge is -2.52. The Kier molecular flexibility index (Phi) is 4.71. The van der Waals surface area contributed by atoms with Crippen molar-refractivity contribution in [2.75, 3.05) is 10.3 Å². The largest absolute Gasteiger partial charge is 0.323 e. The zero-order chi connectivity index (χ0) is 27.0. The van der Waals surface area contributed by atoms with Gasteiger partial charge in [0.2, 0.25) is 17.8 Å². The van der Waals surface area contributed by atoms with E-state index in [1.54, 1.807) is 0 Å². The van der Waals surface area contributed by atoms with Crippen molar-refractivity contribution in [1.29, 1.82) is 0 Å². The molecule has 0 saturated carbocycles. The maximum Gasteiger partial charge on any atom is 0.239 e. The third-order valence-electron chi connectivity index (χ3n) is 8.80. The number of imide groups is 1. The van der Waals surface area contributed by atoms with Gasteiger partial charge in [-0.15, -0.1) is 0 Å². The lowest BCUT2D eigenvalue weighted by atomic mass is 9.47. The van der Waals surface area contributed by atoms with E-state index in [0.717, 1.165) is 38.9 Å². The van der Waals surface area contributed by atoms with E-state index < -0.39 is 17.3 Å². The van der Waals surface area contributed by atoms with E-state index >= 15 is 0 Å². The van der Waals surface area contributed by atoms with Crippen LogP contribution in [0.4, 0.5) is 11.6 Å². The highest BCUT2D eigenvalue weighted by atomic mass is 16.2. The predicted octanol–water partition coefficient (Wildman–Crippen LogP) is 5.52. The Morgan fingerprint density at radius 1 is 0.850 bits per heavy atom. The first-order valence-corrected chi connectivity index (χ1v) is 13.5. The van der Waals surface area contributed by atoms with Crippen LogP contribution in [0, 0.1) is 18.8 Å². The van der Waals surface area contributed by atoms with Gasteiger partial charge in [-0.3, -0.25) is 9.59 Å². The highest BCUT2D eigenvalue weighted by Gasteiger charge is 2.68. The second-order valence-corrected chi connectivity index (χ2v) is 10.8. The number of benzene rings is 4. The zero-order valence-electron chi connectivity index (χ0n) is 21.7. The zero-order valence-corrected chi connectivity index (χ0v) is 21.7. The minimum Gasteiger partial charge on any atom is -0.323 e. The first kappa shape index (κ1) is 22.9. The molecule has 3 aliphatic carbocycles. The molecule has 2 heterocycles. The summed E-state index contributed by atoms with van der Waals surface area (Å²) in [6, 6.07) is 31.7. The number of aryl methyl sites for hydroxylation is 1. The van der Waals surface area contributed by atoms with Gasteiger partial charge >= 0.3 is 0 Å². The van der Waals surface area contributed by atoms with Gasteiger partial charge in [-0.25, -0.2) is 15.3 Å². The number of aromatic nitrogens is 2. The fourth-order valence-electron chi connectivity index (χ4n) is 7.20. The summed E-state index contributed by atoms with van der Waals surface area (Å²) in [6.45, 7) is 1.99. The van der Waals surface area contributed by atoms with Crippen LogP contribution in [0.25, 0.3) is 11.0 Å². The second-order valence-electron chi connectivity index (χ2n) is 10.8. The number of hydrogen-bond donors (Lipinski definition) is 2. The van der Waals surface area contributed by atoms with E-state index in [2.05, 4.69) is 39.7 Å². The Morgan fingerprint density at radius 2 is 1.50 bits per heavy atom. The highest BCUT2D eigenvalue weighted by Crippen LogP contribution is 2.63. The summed E-state index contributed by atoms with van der Waals surface area (Å²) < 4.78 is 0. The quantitative estimate of drug-likeness (QED) is 0.184. The van der Waals surface area contributed by atoms with Crippen molar-refractivity contribution in [3.8, 4) is 0 Å². The molecule has 2 N–H and O–H groups in total. The van der Waals surface area contributed by atoms with Crippen molar-refractivity contribution < 1.29 is 9.59 Å². The number of nitrogens with zero attached hydrogens (tertiary/aromatic N) is 3. The van der Waals surface area contributed by atoms with Crippen LogP contribution in [0.15, 0.2) is 102 Å². The molecule has 2 amide bonds. The molecule has 2 bridgehead atoms. The minimum atomic E-state index is -0.933. The molecule has 9 rings (SSSR count). The van der Waals surface area contributed by atoms with Crippen molar-refractivity contribution in [2.24, 2.45) is 16.9 Å². The van der Waals surface area contributed by atoms with Crippen LogP contribution >= 0.6 is 0 Å². The summed E-state index contributed by atoms with van der Waals surface area (Å²) >= 11 is 0. The predicted molar refractivity (Wildman–Crippen MR) is 154 cm³/mol. The van der Waals surface area contributed by atoms with Crippen LogP contribution in [-0.4, -0.2) is 28.0 Å². The smallest absolute Gasteiger partial charge is 0.239 e. The summed E-state index contributed by atoms with van der Waals surface area (Å²) in [5.41, 5.74) is 9.72. The highest BCUT2D eigenvalue weighted by molar-refractivity contribution is 6.25. The Balaban J connectivity index is 1.32. The van der Waals surface area contributed by atoms with Crippen molar-refractivity contribution >= 4 is 40.7 Å². The number of aromatic amines is 1. The number of para-hydroxylation sites is 2. The first-order chi connectivity index (χ1) is 19.6. The van der Waals surface area contributed by atoms with Crippen LogP contribution in [0.5, 0.6) is 0 Å². The number of hydrazone groups is 1. The van der Waals surface area contributed by atoms with E-state index in [1.165, 1.54) is 4.90 Å². The van der Waals surface area contributed by atoms with E-state index in [1.807, 2.05) is 85.9 Å². The summed E-state index contributed by atoms with van der Waals surface area (Å²) in [7, 11) is 0. The molecule has 1 aliphatic heterocycles. The number of H-pyrrole nitrogens is 1. The fraction of sp³-hybridized carbons (Fsp3) is 0.152. The maximum absolute atomic E-state index is 14.4. The second kappa shape index (κ2) is 8.23. The number of carbonyl (C=O) groups is 2. The molecule has 7 nitrogen and oxygen atoms in total. The Morgan fingerprint density at radius 3 is 2.20 bits per heavy atom. The number of nitrogens with one attached hydrogen (secondary N) is 2. The van der Waals surface area contributed by atoms with Crippen molar-refractivity contribution in [3.63, 3.8) is 0 Å². The van der Waals surface area contributed by atoms with Crippen LogP contribution in [0.2, 0.25) is 0 Å². The molecule has 0 spiro atoms. The Hall–Kier alpha value is -5.04. The summed E-state index contributed by atoms with van der Waals surface area (Å²) in [6.07, 6.45) is 1.83. The summed E-state index contributed by atoms with van der Waals surface area (Å²) in [5, 5.41) is 4.70. The number of imidazole rings is 1. The molecule has 40 heavy (non-hydrogen) atoms. The van der Waals surface area contributed by atoms with Gasteiger partial charge in [0.05, 0.1) is 34.0 Å². The number of amides is 2. The number of rotatable bonds is 4. The van der Waals surface area contributed by atoms with Gasteiger partial charge in [0, 0.05) is 12.1 Å². The number of anilines is 2. The van der Waals surface area contributed by atoms with Crippen LogP contribution in [0.1, 0.15) is 33.7 Å². The van der Waals surface area contributed by atoms with Gasteiger partial charge < -0.3 is 4.98 Å². The molecule has 4 aromatic carbocycles. The molecule has 7 heteroatoms. The molecule has 2 atom stereocenters. The van der Waals surface area contributed by atoms with Crippen LogP contribution in [-0.2, 0) is 15.0 Å². The van der Waals surface area contributed by atoms with Crippen molar-refractivity contribution in [1.82, 2.24) is 9.97 Å². The standard InChI is InChI=1S/C33H25N5O2/c1-19-14-16-20(17-15-19)38-30(39)28-27-21-8-2-4-10-23(21)33(29(28)31(38)40,24-11-5-3-9-22(24)27)18-34-37-32-35-25-12-6-7-13-26(25)36-32/h2-18,27-29H,1H3,(H2,35,36,37)/b34-18-/t27?,28-,29+,33?/m1/s1. The third kappa shape index (κ3) is 2.94. The number of hydrogen-bond acceptors (Lipinski definition) is 5. The molecule has 5 aromatic rings. The fourth-order valence-corrected chi connectivity index (χ4v) is 7.20. The summed E-state index contributed by atoms with van der Waals surface area (Å²) in [4.78, 5) is 37.8. The molecule has 1 fully saturated rings. The van der Waals surface area contributed by atoms with Crippen molar-refractivity contribution in [2.45, 2.75) is 18.3 Å². The number of fused-ring (bicyclic) bond motifs is 1. The molecule has 0 radical (unpaired) electrons. The van der Waals surface area contributed by atoms with Crippen LogP contribution in [0.3, 0.4) is 0 Å². The van der Waals surface area contributed by atoms with Gasteiger partial charge in [-0.1, -0.05) is 78.4 Å². The van der Waals surface area contributed by atoms with E-state index in [4.69, 9.17) is 5.10 Å². The summed E-state index contributed by atoms with van der Waals surface area (Å²) in [5.74, 6) is -1.21. The molecular formula is C33H25N5O2. The lowest BCUT2D eigenvalue weighted by molar-refractivity contribution is -0.122. The molecule has 0 unspecified atom stereocenters. The normalized spacial score (nSPS) is 24.4. The molecule has 1 saturated heterocycles. The lowest BCUT2D eigenvalue weighted by Crippen LogP contribution is -2.54. The van der Waals surface area contributed by atoms with Gasteiger partial charge in [0.1, 0.15) is 0 Å². The van der Waals surface area contributed by atoms with Crippen molar-refractivity contribution in [3.05, 3.63) is 125 Å². The monoisotopic (exact) mass is 523 g/mol.